The summed E-state index contributed by atoms with van der Waals surface area (Å²) in [6.07, 6.45) is 4.72. The average Bonchev–Trinajstić information content (AvgIpc) is 2.38. The van der Waals surface area contributed by atoms with E-state index in [9.17, 15) is 4.39 Å². The summed E-state index contributed by atoms with van der Waals surface area (Å²) in [6, 6.07) is 1.77. The molecule has 0 saturated carbocycles. The molecular weight excluding hydrogens is 310 g/mol. The van der Waals surface area contributed by atoms with Crippen molar-refractivity contribution in [2.24, 2.45) is 0 Å². The monoisotopic (exact) mass is 328 g/mol. The van der Waals surface area contributed by atoms with E-state index in [2.05, 4.69) is 20.6 Å². The molecule has 0 unspecified atom stereocenters. The summed E-state index contributed by atoms with van der Waals surface area (Å²) >= 11 is 1.48. The van der Waals surface area contributed by atoms with E-state index in [0.717, 1.165) is 13.1 Å². The van der Waals surface area contributed by atoms with Gasteiger partial charge >= 0.3 is 0 Å². The summed E-state index contributed by atoms with van der Waals surface area (Å²) in [7, 11) is 0. The quantitative estimate of drug-likeness (QED) is 0.657. The highest BCUT2D eigenvalue weighted by Gasteiger charge is 2.31. The molecule has 0 spiro atoms. The number of anilines is 1. The minimum atomic E-state index is -1.12. The highest BCUT2D eigenvalue weighted by Crippen LogP contribution is 2.23. The van der Waals surface area contributed by atoms with Gasteiger partial charge < -0.3 is 10.6 Å². The van der Waals surface area contributed by atoms with Crippen molar-refractivity contribution in [1.29, 1.82) is 0 Å². The number of nitrogens with zero attached hydrogens (tertiary/aromatic N) is 2. The van der Waals surface area contributed by atoms with Gasteiger partial charge in [-0.1, -0.05) is 11.8 Å². The normalized spacial score (nSPS) is 16.9. The minimum Gasteiger partial charge on any atom is -0.367 e. The Hall–Kier alpha value is -0.300. The van der Waals surface area contributed by atoms with Crippen molar-refractivity contribution in [3.63, 3.8) is 0 Å². The van der Waals surface area contributed by atoms with E-state index < -0.39 is 5.67 Å². The molecule has 2 rings (SSSR count). The van der Waals surface area contributed by atoms with Crippen LogP contribution in [0.2, 0.25) is 0 Å². The Bertz CT molecular complexity index is 377. The Labute approximate surface area is 129 Å². The van der Waals surface area contributed by atoms with E-state index in [-0.39, 0.29) is 24.8 Å². The molecule has 0 bridgehead atoms. The Morgan fingerprint density at radius 1 is 1.42 bits per heavy atom. The largest absolute Gasteiger partial charge is 0.367 e. The summed E-state index contributed by atoms with van der Waals surface area (Å²) in [5, 5.41) is 6.92. The molecule has 1 aromatic rings. The third-order valence-corrected chi connectivity index (χ3v) is 3.46. The lowest BCUT2D eigenvalue weighted by atomic mass is 9.94. The number of alkyl halides is 1. The molecule has 0 aromatic carbocycles. The fraction of sp³-hybridized carbons (Fsp3) is 0.636. The highest BCUT2D eigenvalue weighted by molar-refractivity contribution is 7.98. The molecule has 8 heteroatoms. The summed E-state index contributed by atoms with van der Waals surface area (Å²) in [6.45, 7) is 1.82. The topological polar surface area (TPSA) is 49.8 Å². The molecule has 1 aliphatic heterocycles. The van der Waals surface area contributed by atoms with Crippen molar-refractivity contribution in [2.75, 3.05) is 31.2 Å². The van der Waals surface area contributed by atoms with Gasteiger partial charge in [0.1, 0.15) is 11.5 Å². The molecule has 19 heavy (non-hydrogen) atoms. The summed E-state index contributed by atoms with van der Waals surface area (Å²) in [5.41, 5.74) is -1.12. The predicted molar refractivity (Wildman–Crippen MR) is 82.7 cm³/mol. The third-order valence-electron chi connectivity index (χ3n) is 2.90. The zero-order valence-corrected chi connectivity index (χ0v) is 13.1. The predicted octanol–water partition coefficient (Wildman–Crippen LogP) is 2.55. The van der Waals surface area contributed by atoms with E-state index in [4.69, 9.17) is 0 Å². The maximum Gasteiger partial charge on any atom is 0.189 e. The van der Waals surface area contributed by atoms with Crippen molar-refractivity contribution in [3.05, 3.63) is 12.3 Å². The second-order valence-corrected chi connectivity index (χ2v) is 4.96. The Morgan fingerprint density at radius 2 is 2.11 bits per heavy atom. The fourth-order valence-corrected chi connectivity index (χ4v) is 2.19. The fourth-order valence-electron chi connectivity index (χ4n) is 1.84. The molecule has 0 aliphatic carbocycles. The molecule has 4 nitrogen and oxygen atoms in total. The molecule has 1 saturated heterocycles. The van der Waals surface area contributed by atoms with Crippen LogP contribution in [0.3, 0.4) is 0 Å². The van der Waals surface area contributed by atoms with Crippen molar-refractivity contribution in [2.45, 2.75) is 23.7 Å². The van der Waals surface area contributed by atoms with E-state index in [1.165, 1.54) is 11.8 Å². The number of rotatable bonds is 4. The van der Waals surface area contributed by atoms with Crippen molar-refractivity contribution < 1.29 is 4.39 Å². The Balaban J connectivity index is 0.00000162. The third kappa shape index (κ3) is 5.69. The van der Waals surface area contributed by atoms with E-state index >= 15 is 0 Å². The number of piperidine rings is 1. The molecular formula is C11H19Cl2FN4S. The highest BCUT2D eigenvalue weighted by atomic mass is 35.5. The number of aromatic nitrogens is 2. The van der Waals surface area contributed by atoms with E-state index in [1.807, 2.05) is 6.26 Å². The van der Waals surface area contributed by atoms with Gasteiger partial charge in [0.15, 0.2) is 5.16 Å². The SMILES string of the molecule is CSc1nccc(NCC2(F)CCNCC2)n1.Cl.Cl. The zero-order chi connectivity index (χ0) is 12.1. The Morgan fingerprint density at radius 3 is 2.74 bits per heavy atom. The summed E-state index contributed by atoms with van der Waals surface area (Å²) in [4.78, 5) is 8.34. The number of halogens is 3. The number of hydrogen-bond donors (Lipinski definition) is 2. The molecule has 110 valence electrons. The van der Waals surface area contributed by atoms with E-state index in [1.54, 1.807) is 12.3 Å². The molecule has 2 heterocycles. The minimum absolute atomic E-state index is 0. The first kappa shape index (κ1) is 18.7. The van der Waals surface area contributed by atoms with Crippen LogP contribution in [0.5, 0.6) is 0 Å². The first-order valence-corrected chi connectivity index (χ1v) is 6.95. The van der Waals surface area contributed by atoms with Gasteiger partial charge in [-0.25, -0.2) is 14.4 Å². The van der Waals surface area contributed by atoms with Crippen LogP contribution in [0, 0.1) is 0 Å². The van der Waals surface area contributed by atoms with Crippen LogP contribution in [0.4, 0.5) is 10.2 Å². The summed E-state index contributed by atoms with van der Waals surface area (Å²) in [5.74, 6) is 0.694. The van der Waals surface area contributed by atoms with Crippen molar-refractivity contribution in [3.8, 4) is 0 Å². The molecule has 2 N–H and O–H groups in total. The Kier molecular flexibility index (Phi) is 8.65. The molecule has 1 aromatic heterocycles. The van der Waals surface area contributed by atoms with Crippen LogP contribution < -0.4 is 10.6 Å². The van der Waals surface area contributed by atoms with Crippen LogP contribution in [0.25, 0.3) is 0 Å². The van der Waals surface area contributed by atoms with Gasteiger partial charge in [-0.3, -0.25) is 0 Å². The van der Waals surface area contributed by atoms with Crippen molar-refractivity contribution in [1.82, 2.24) is 15.3 Å². The van der Waals surface area contributed by atoms with Crippen LogP contribution in [0.1, 0.15) is 12.8 Å². The van der Waals surface area contributed by atoms with Gasteiger partial charge in [0, 0.05) is 6.20 Å². The second-order valence-electron chi connectivity index (χ2n) is 4.18. The molecule has 1 aliphatic rings. The van der Waals surface area contributed by atoms with Crippen LogP contribution in [-0.4, -0.2) is 41.5 Å². The maximum atomic E-state index is 14.3. The van der Waals surface area contributed by atoms with Crippen molar-refractivity contribution >= 4 is 42.4 Å². The van der Waals surface area contributed by atoms with Crippen LogP contribution in [0.15, 0.2) is 17.4 Å². The molecule has 0 radical (unpaired) electrons. The summed E-state index contributed by atoms with van der Waals surface area (Å²) < 4.78 is 14.3. The lowest BCUT2D eigenvalue weighted by Gasteiger charge is -2.30. The van der Waals surface area contributed by atoms with Gasteiger partial charge in [0.05, 0.1) is 6.54 Å². The van der Waals surface area contributed by atoms with E-state index in [0.29, 0.717) is 30.4 Å². The molecule has 1 fully saturated rings. The lowest BCUT2D eigenvalue weighted by Crippen LogP contribution is -2.43. The first-order valence-electron chi connectivity index (χ1n) is 5.72. The first-order chi connectivity index (χ1) is 8.22. The van der Waals surface area contributed by atoms with Crippen LogP contribution >= 0.6 is 36.6 Å². The number of thioether (sulfide) groups is 1. The number of nitrogens with one attached hydrogen (secondary N) is 2. The van der Waals surface area contributed by atoms with Gasteiger partial charge in [-0.15, -0.1) is 24.8 Å². The smallest absolute Gasteiger partial charge is 0.189 e. The second kappa shape index (κ2) is 8.79. The van der Waals surface area contributed by atoms with Gasteiger partial charge in [-0.2, -0.15) is 0 Å². The van der Waals surface area contributed by atoms with Gasteiger partial charge in [0.2, 0.25) is 0 Å². The maximum absolute atomic E-state index is 14.3. The number of hydrogen-bond acceptors (Lipinski definition) is 5. The lowest BCUT2D eigenvalue weighted by molar-refractivity contribution is 0.131. The standard InChI is InChI=1S/C11H17FN4S.2ClH/c1-17-10-14-5-2-9(16-10)15-8-11(12)3-6-13-7-4-11;;/h2,5,13H,3-4,6-8H2,1H3,(H,14,15,16);2*1H. The van der Waals surface area contributed by atoms with Gasteiger partial charge in [0.25, 0.3) is 0 Å². The van der Waals surface area contributed by atoms with Crippen LogP contribution in [-0.2, 0) is 0 Å². The molecule has 0 amide bonds. The van der Waals surface area contributed by atoms with Gasteiger partial charge in [-0.05, 0) is 38.3 Å². The average molecular weight is 329 g/mol. The zero-order valence-electron chi connectivity index (χ0n) is 10.7. The molecule has 0 atom stereocenters.